The van der Waals surface area contributed by atoms with Crippen LogP contribution in [-0.2, 0) is 14.9 Å². The lowest BCUT2D eigenvalue weighted by Gasteiger charge is -2.24. The van der Waals surface area contributed by atoms with E-state index in [0.717, 1.165) is 16.7 Å². The lowest BCUT2D eigenvalue weighted by atomic mass is 9.80. The molecule has 1 aromatic carbocycles. The molecule has 132 valence electrons. The molecule has 5 heteroatoms. The van der Waals surface area contributed by atoms with Crippen molar-refractivity contribution in [1.82, 2.24) is 0 Å². The lowest BCUT2D eigenvalue weighted by molar-refractivity contribution is -0.386. The predicted molar refractivity (Wildman–Crippen MR) is 93.3 cm³/mol. The molecule has 0 radical (unpaired) electrons. The number of hydrogen-bond donors (Lipinski definition) is 0. The standard InChI is InChI=1S/C19H27NO4/c1-9-24-17(21)16-18(6,7)19(16,8)14-10(2)12(4)15(20(22)23)13(5)11(14)3/h16H,9H2,1-8H3. The zero-order valence-corrected chi connectivity index (χ0v) is 15.9. The van der Waals surface area contributed by atoms with Gasteiger partial charge in [-0.3, -0.25) is 14.9 Å². The van der Waals surface area contributed by atoms with Gasteiger partial charge < -0.3 is 4.74 Å². The number of hydrogen-bond acceptors (Lipinski definition) is 4. The normalized spacial score (nSPS) is 24.6. The number of ether oxygens (including phenoxy) is 1. The molecule has 24 heavy (non-hydrogen) atoms. The molecule has 2 rings (SSSR count). The van der Waals surface area contributed by atoms with Gasteiger partial charge in [-0.25, -0.2) is 0 Å². The minimum atomic E-state index is -0.377. The first-order valence-electron chi connectivity index (χ1n) is 8.36. The molecule has 1 aliphatic rings. The van der Waals surface area contributed by atoms with Crippen LogP contribution in [-0.4, -0.2) is 17.5 Å². The van der Waals surface area contributed by atoms with Crippen LogP contribution in [0.4, 0.5) is 5.69 Å². The Kier molecular flexibility index (Phi) is 4.28. The second-order valence-electron chi connectivity index (χ2n) is 7.59. The van der Waals surface area contributed by atoms with Crippen molar-refractivity contribution < 1.29 is 14.5 Å². The first kappa shape index (κ1) is 18.4. The van der Waals surface area contributed by atoms with Crippen molar-refractivity contribution in [3.63, 3.8) is 0 Å². The summed E-state index contributed by atoms with van der Waals surface area (Å²) in [6.45, 7) is 15.8. The lowest BCUT2D eigenvalue weighted by Crippen LogP contribution is -2.19. The molecule has 0 amide bonds. The van der Waals surface area contributed by atoms with E-state index < -0.39 is 0 Å². The monoisotopic (exact) mass is 333 g/mol. The van der Waals surface area contributed by atoms with Gasteiger partial charge in [-0.05, 0) is 56.7 Å². The Morgan fingerprint density at radius 3 is 1.92 bits per heavy atom. The van der Waals surface area contributed by atoms with Crippen molar-refractivity contribution in [2.45, 2.75) is 60.8 Å². The molecule has 1 saturated carbocycles. The summed E-state index contributed by atoms with van der Waals surface area (Å²) in [6, 6.07) is 0. The first-order valence-corrected chi connectivity index (χ1v) is 8.36. The molecular weight excluding hydrogens is 306 g/mol. The smallest absolute Gasteiger partial charge is 0.310 e. The van der Waals surface area contributed by atoms with Gasteiger partial charge in [-0.15, -0.1) is 0 Å². The average molecular weight is 333 g/mol. The third kappa shape index (κ3) is 2.17. The Bertz CT molecular complexity index is 706. The van der Waals surface area contributed by atoms with Crippen LogP contribution in [0.3, 0.4) is 0 Å². The fraction of sp³-hybridized carbons (Fsp3) is 0.632. The van der Waals surface area contributed by atoms with Gasteiger partial charge in [0.2, 0.25) is 0 Å². The van der Waals surface area contributed by atoms with Crippen LogP contribution >= 0.6 is 0 Å². The number of carbonyl (C=O) groups is 1. The number of benzene rings is 1. The van der Waals surface area contributed by atoms with E-state index in [1.54, 1.807) is 20.8 Å². The topological polar surface area (TPSA) is 69.4 Å². The molecule has 0 aromatic heterocycles. The molecule has 2 unspecified atom stereocenters. The zero-order chi connectivity index (χ0) is 18.6. The summed E-state index contributed by atoms with van der Waals surface area (Å²) in [7, 11) is 0. The molecule has 5 nitrogen and oxygen atoms in total. The van der Waals surface area contributed by atoms with Crippen molar-refractivity contribution >= 4 is 11.7 Å². The van der Waals surface area contributed by atoms with E-state index in [0.29, 0.717) is 17.7 Å². The van der Waals surface area contributed by atoms with Gasteiger partial charge in [0.15, 0.2) is 0 Å². The molecule has 0 bridgehead atoms. The molecule has 1 fully saturated rings. The van der Waals surface area contributed by atoms with Crippen molar-refractivity contribution in [1.29, 1.82) is 0 Å². The van der Waals surface area contributed by atoms with E-state index in [1.807, 2.05) is 13.8 Å². The van der Waals surface area contributed by atoms with Crippen molar-refractivity contribution in [3.8, 4) is 0 Å². The van der Waals surface area contributed by atoms with Gasteiger partial charge in [-0.2, -0.15) is 0 Å². The summed E-state index contributed by atoms with van der Waals surface area (Å²) >= 11 is 0. The van der Waals surface area contributed by atoms with E-state index in [-0.39, 0.29) is 33.3 Å². The van der Waals surface area contributed by atoms with Gasteiger partial charge in [-0.1, -0.05) is 20.8 Å². The Balaban J connectivity index is 2.70. The summed E-state index contributed by atoms with van der Waals surface area (Å²) in [5, 5.41) is 11.4. The largest absolute Gasteiger partial charge is 0.466 e. The average Bonchev–Trinajstić information content (AvgIpc) is 2.90. The highest BCUT2D eigenvalue weighted by atomic mass is 16.6. The Labute approximate surface area is 143 Å². The minimum Gasteiger partial charge on any atom is -0.466 e. The number of esters is 1. The molecular formula is C19H27NO4. The van der Waals surface area contributed by atoms with Gasteiger partial charge in [0.25, 0.3) is 5.69 Å². The Morgan fingerprint density at radius 2 is 1.54 bits per heavy atom. The van der Waals surface area contributed by atoms with Gasteiger partial charge in [0.05, 0.1) is 17.4 Å². The van der Waals surface area contributed by atoms with Crippen molar-refractivity contribution in [3.05, 3.63) is 37.9 Å². The van der Waals surface area contributed by atoms with Crippen LogP contribution in [0.1, 0.15) is 55.5 Å². The minimum absolute atomic E-state index is 0.183. The van der Waals surface area contributed by atoms with Crippen LogP contribution in [0, 0.1) is 49.1 Å². The van der Waals surface area contributed by atoms with Crippen LogP contribution in [0.2, 0.25) is 0 Å². The quantitative estimate of drug-likeness (QED) is 0.468. The molecule has 0 heterocycles. The van der Waals surface area contributed by atoms with Gasteiger partial charge >= 0.3 is 5.97 Å². The van der Waals surface area contributed by atoms with E-state index in [4.69, 9.17) is 4.74 Å². The van der Waals surface area contributed by atoms with Crippen LogP contribution in [0.5, 0.6) is 0 Å². The second kappa shape index (κ2) is 5.57. The summed E-state index contributed by atoms with van der Waals surface area (Å²) < 4.78 is 5.27. The van der Waals surface area contributed by atoms with E-state index in [2.05, 4.69) is 20.8 Å². The molecule has 0 spiro atoms. The predicted octanol–water partition coefficient (Wildman–Crippen LogP) is 4.31. The van der Waals surface area contributed by atoms with E-state index >= 15 is 0 Å². The SMILES string of the molecule is CCOC(=O)C1C(C)(C)C1(C)c1c(C)c(C)c([N+](=O)[O-])c(C)c1C. The molecule has 0 aliphatic heterocycles. The number of nitro benzene ring substituents is 1. The number of nitro groups is 1. The maximum absolute atomic E-state index is 12.4. The first-order chi connectivity index (χ1) is 10.9. The van der Waals surface area contributed by atoms with Gasteiger partial charge in [0, 0.05) is 16.5 Å². The fourth-order valence-electron chi connectivity index (χ4n) is 4.55. The summed E-state index contributed by atoms with van der Waals surface area (Å²) in [5.41, 5.74) is 3.81. The summed E-state index contributed by atoms with van der Waals surface area (Å²) in [5.74, 6) is -0.417. The molecule has 0 N–H and O–H groups in total. The Morgan fingerprint density at radius 1 is 1.08 bits per heavy atom. The van der Waals surface area contributed by atoms with E-state index in [9.17, 15) is 14.9 Å². The number of rotatable bonds is 4. The number of carbonyl (C=O) groups excluding carboxylic acids is 1. The summed E-state index contributed by atoms with van der Waals surface area (Å²) in [4.78, 5) is 23.6. The van der Waals surface area contributed by atoms with Gasteiger partial charge in [0.1, 0.15) is 0 Å². The van der Waals surface area contributed by atoms with Crippen LogP contribution < -0.4 is 0 Å². The third-order valence-corrected chi connectivity index (χ3v) is 6.36. The Hall–Kier alpha value is -1.91. The van der Waals surface area contributed by atoms with Crippen molar-refractivity contribution in [2.24, 2.45) is 11.3 Å². The van der Waals surface area contributed by atoms with Crippen molar-refractivity contribution in [2.75, 3.05) is 6.61 Å². The molecule has 2 atom stereocenters. The maximum Gasteiger partial charge on any atom is 0.310 e. The molecule has 1 aromatic rings. The fourth-order valence-corrected chi connectivity index (χ4v) is 4.55. The highest BCUT2D eigenvalue weighted by Gasteiger charge is 2.73. The van der Waals surface area contributed by atoms with Crippen LogP contribution in [0.15, 0.2) is 0 Å². The highest BCUT2D eigenvalue weighted by Crippen LogP contribution is 2.71. The summed E-state index contributed by atoms with van der Waals surface area (Å²) in [6.07, 6.45) is 0. The molecule has 0 saturated heterocycles. The zero-order valence-electron chi connectivity index (χ0n) is 15.9. The van der Waals surface area contributed by atoms with Crippen LogP contribution in [0.25, 0.3) is 0 Å². The maximum atomic E-state index is 12.4. The second-order valence-corrected chi connectivity index (χ2v) is 7.59. The molecule has 1 aliphatic carbocycles. The van der Waals surface area contributed by atoms with E-state index in [1.165, 1.54) is 0 Å². The highest BCUT2D eigenvalue weighted by molar-refractivity contribution is 5.82. The number of nitrogens with zero attached hydrogens (tertiary/aromatic N) is 1. The third-order valence-electron chi connectivity index (χ3n) is 6.36.